The zero-order chi connectivity index (χ0) is 22.1. The summed E-state index contributed by atoms with van der Waals surface area (Å²) in [6, 6.07) is 13.8. The number of hydrogen-bond acceptors (Lipinski definition) is 5. The fourth-order valence-corrected chi connectivity index (χ4v) is 3.45. The van der Waals surface area contributed by atoms with Crippen molar-refractivity contribution in [2.75, 3.05) is 5.43 Å². The van der Waals surface area contributed by atoms with E-state index >= 15 is 0 Å². The molecule has 4 aromatic rings. The molecule has 0 amide bonds. The van der Waals surface area contributed by atoms with Crippen molar-refractivity contribution in [3.05, 3.63) is 91.3 Å². The van der Waals surface area contributed by atoms with Gasteiger partial charge in [-0.05, 0) is 17.7 Å². The van der Waals surface area contributed by atoms with Crippen LogP contribution in [0.3, 0.4) is 0 Å². The molecule has 158 valence electrons. The fourth-order valence-electron chi connectivity index (χ4n) is 3.24. The number of aromatic nitrogens is 4. The molecule has 31 heavy (non-hydrogen) atoms. The van der Waals surface area contributed by atoms with Crippen LogP contribution in [-0.4, -0.2) is 24.9 Å². The molecule has 2 aromatic heterocycles. The SMILES string of the molecule is Cn1c(=O)c2c(nc(NN=Cc3c(F)cccc3Cl)n2Cc2ccccc2)n(C)c1=O. The van der Waals surface area contributed by atoms with Crippen molar-refractivity contribution in [2.45, 2.75) is 6.54 Å². The van der Waals surface area contributed by atoms with Crippen LogP contribution in [0.1, 0.15) is 11.1 Å². The summed E-state index contributed by atoms with van der Waals surface area (Å²) in [5, 5.41) is 4.26. The van der Waals surface area contributed by atoms with Gasteiger partial charge in [0.2, 0.25) is 5.95 Å². The Morgan fingerprint density at radius 1 is 1.10 bits per heavy atom. The molecule has 0 aliphatic rings. The van der Waals surface area contributed by atoms with Crippen LogP contribution >= 0.6 is 11.6 Å². The van der Waals surface area contributed by atoms with Crippen LogP contribution in [0.15, 0.2) is 63.2 Å². The average Bonchev–Trinajstić information content (AvgIpc) is 3.12. The molecule has 0 atom stereocenters. The largest absolute Gasteiger partial charge is 0.332 e. The number of benzene rings is 2. The Hall–Kier alpha value is -3.72. The second-order valence-electron chi connectivity index (χ2n) is 6.89. The topological polar surface area (TPSA) is 86.2 Å². The summed E-state index contributed by atoms with van der Waals surface area (Å²) in [6.07, 6.45) is 1.24. The molecule has 4 rings (SSSR count). The van der Waals surface area contributed by atoms with Gasteiger partial charge in [-0.2, -0.15) is 10.1 Å². The summed E-state index contributed by atoms with van der Waals surface area (Å²) >= 11 is 6.03. The molecule has 0 saturated carbocycles. The molecule has 2 aromatic carbocycles. The summed E-state index contributed by atoms with van der Waals surface area (Å²) in [5.74, 6) is -0.298. The van der Waals surface area contributed by atoms with Crippen LogP contribution in [0.25, 0.3) is 11.2 Å². The molecule has 0 bridgehead atoms. The van der Waals surface area contributed by atoms with E-state index in [1.165, 1.54) is 37.0 Å². The van der Waals surface area contributed by atoms with Gasteiger partial charge in [0, 0.05) is 19.7 Å². The molecule has 8 nitrogen and oxygen atoms in total. The van der Waals surface area contributed by atoms with Gasteiger partial charge >= 0.3 is 5.69 Å². The van der Waals surface area contributed by atoms with E-state index in [1.54, 1.807) is 10.6 Å². The zero-order valence-corrected chi connectivity index (χ0v) is 17.5. The van der Waals surface area contributed by atoms with E-state index in [0.29, 0.717) is 6.54 Å². The van der Waals surface area contributed by atoms with E-state index in [4.69, 9.17) is 11.6 Å². The van der Waals surface area contributed by atoms with Crippen molar-refractivity contribution < 1.29 is 4.39 Å². The molecule has 2 heterocycles. The second kappa shape index (κ2) is 8.19. The number of rotatable bonds is 5. The van der Waals surface area contributed by atoms with Crippen molar-refractivity contribution in [1.29, 1.82) is 0 Å². The number of halogens is 2. The molecule has 0 unspecified atom stereocenters. The number of anilines is 1. The summed E-state index contributed by atoms with van der Waals surface area (Å²) in [7, 11) is 2.95. The van der Waals surface area contributed by atoms with E-state index in [9.17, 15) is 14.0 Å². The maximum absolute atomic E-state index is 14.0. The molecule has 10 heteroatoms. The normalized spacial score (nSPS) is 11.5. The van der Waals surface area contributed by atoms with Crippen LogP contribution in [0.4, 0.5) is 10.3 Å². The van der Waals surface area contributed by atoms with Gasteiger partial charge in [-0.15, -0.1) is 0 Å². The van der Waals surface area contributed by atoms with Gasteiger partial charge in [-0.25, -0.2) is 14.6 Å². The smallest absolute Gasteiger partial charge is 0.298 e. The van der Waals surface area contributed by atoms with Gasteiger partial charge in [0.1, 0.15) is 5.82 Å². The molecule has 0 radical (unpaired) electrons. The van der Waals surface area contributed by atoms with E-state index < -0.39 is 17.1 Å². The van der Waals surface area contributed by atoms with Gasteiger partial charge in [-0.1, -0.05) is 48.0 Å². The van der Waals surface area contributed by atoms with Crippen LogP contribution < -0.4 is 16.7 Å². The van der Waals surface area contributed by atoms with E-state index in [1.807, 2.05) is 30.3 Å². The predicted molar refractivity (Wildman–Crippen MR) is 118 cm³/mol. The quantitative estimate of drug-likeness (QED) is 0.382. The Labute approximate surface area is 180 Å². The van der Waals surface area contributed by atoms with Crippen molar-refractivity contribution in [3.8, 4) is 0 Å². The highest BCUT2D eigenvalue weighted by Gasteiger charge is 2.19. The average molecular weight is 441 g/mol. The number of aryl methyl sites for hydroxylation is 1. The summed E-state index contributed by atoms with van der Waals surface area (Å²) in [4.78, 5) is 29.6. The molecule has 0 spiro atoms. The molecule has 0 saturated heterocycles. The Morgan fingerprint density at radius 3 is 2.55 bits per heavy atom. The Balaban J connectivity index is 1.84. The number of fused-ring (bicyclic) bond motifs is 1. The number of imidazole rings is 1. The highest BCUT2D eigenvalue weighted by Crippen LogP contribution is 2.19. The lowest BCUT2D eigenvalue weighted by atomic mass is 10.2. The van der Waals surface area contributed by atoms with Crippen LogP contribution in [0.2, 0.25) is 5.02 Å². The molecule has 0 aliphatic carbocycles. The lowest BCUT2D eigenvalue weighted by Gasteiger charge is -2.09. The molecular weight excluding hydrogens is 423 g/mol. The van der Waals surface area contributed by atoms with Crippen LogP contribution in [0.5, 0.6) is 0 Å². The Kier molecular flexibility index (Phi) is 5.43. The zero-order valence-electron chi connectivity index (χ0n) is 16.7. The van der Waals surface area contributed by atoms with Crippen molar-refractivity contribution in [1.82, 2.24) is 18.7 Å². The summed E-state index contributed by atoms with van der Waals surface area (Å²) < 4.78 is 17.9. The van der Waals surface area contributed by atoms with E-state index in [-0.39, 0.29) is 27.7 Å². The number of nitrogens with one attached hydrogen (secondary N) is 1. The Bertz CT molecular complexity index is 1400. The molecule has 0 fully saturated rings. The summed E-state index contributed by atoms with van der Waals surface area (Å²) in [6.45, 7) is 0.309. The van der Waals surface area contributed by atoms with Gasteiger partial charge in [0.05, 0.1) is 17.8 Å². The van der Waals surface area contributed by atoms with Crippen molar-refractivity contribution in [2.24, 2.45) is 19.2 Å². The highest BCUT2D eigenvalue weighted by molar-refractivity contribution is 6.33. The number of nitrogens with zero attached hydrogens (tertiary/aromatic N) is 5. The third kappa shape index (κ3) is 3.75. The lowest BCUT2D eigenvalue weighted by molar-refractivity contribution is 0.626. The second-order valence-corrected chi connectivity index (χ2v) is 7.30. The molecule has 0 aliphatic heterocycles. The molecule has 1 N–H and O–H groups in total. The fraction of sp³-hybridized carbons (Fsp3) is 0.143. The van der Waals surface area contributed by atoms with E-state index in [0.717, 1.165) is 10.1 Å². The minimum Gasteiger partial charge on any atom is -0.298 e. The maximum atomic E-state index is 14.0. The highest BCUT2D eigenvalue weighted by atomic mass is 35.5. The van der Waals surface area contributed by atoms with Gasteiger partial charge in [0.15, 0.2) is 11.2 Å². The first-order valence-corrected chi connectivity index (χ1v) is 9.69. The van der Waals surface area contributed by atoms with Crippen molar-refractivity contribution >= 4 is 34.9 Å². The van der Waals surface area contributed by atoms with Gasteiger partial charge < -0.3 is 0 Å². The summed E-state index contributed by atoms with van der Waals surface area (Å²) in [5.41, 5.74) is 3.28. The predicted octanol–water partition coefficient (Wildman–Crippen LogP) is 2.72. The monoisotopic (exact) mass is 440 g/mol. The standard InChI is InChI=1S/C21H18ClFN6O2/c1-27-18-17(19(30)28(2)21(27)31)29(12-13-7-4-3-5-8-13)20(25-18)26-24-11-14-15(22)9-6-10-16(14)23/h3-11H,12H2,1-2H3,(H,25,26). The lowest BCUT2D eigenvalue weighted by Crippen LogP contribution is -2.37. The maximum Gasteiger partial charge on any atom is 0.332 e. The molecular formula is C21H18ClFN6O2. The van der Waals surface area contributed by atoms with Gasteiger partial charge in [-0.3, -0.25) is 18.5 Å². The number of hydrogen-bond donors (Lipinski definition) is 1. The Morgan fingerprint density at radius 2 is 1.84 bits per heavy atom. The van der Waals surface area contributed by atoms with Gasteiger partial charge in [0.25, 0.3) is 5.56 Å². The first kappa shape index (κ1) is 20.5. The van der Waals surface area contributed by atoms with E-state index in [2.05, 4.69) is 15.5 Å². The van der Waals surface area contributed by atoms with Crippen LogP contribution in [-0.2, 0) is 20.6 Å². The minimum atomic E-state index is -0.521. The third-order valence-electron chi connectivity index (χ3n) is 4.89. The first-order chi connectivity index (χ1) is 14.9. The first-order valence-electron chi connectivity index (χ1n) is 9.31. The number of hydrazone groups is 1. The van der Waals surface area contributed by atoms with Crippen molar-refractivity contribution in [3.63, 3.8) is 0 Å². The third-order valence-corrected chi connectivity index (χ3v) is 5.22. The minimum absolute atomic E-state index is 0.116. The van der Waals surface area contributed by atoms with Crippen LogP contribution in [0, 0.1) is 5.82 Å².